The van der Waals surface area contributed by atoms with Crippen LogP contribution in [0.3, 0.4) is 0 Å². The number of likely N-dealkylation sites (tertiary alicyclic amines) is 1. The first-order chi connectivity index (χ1) is 10.9. The molecule has 2 rings (SSSR count). The van der Waals surface area contributed by atoms with Crippen molar-refractivity contribution in [3.05, 3.63) is 23.8 Å². The highest BCUT2D eigenvalue weighted by Crippen LogP contribution is 2.31. The van der Waals surface area contributed by atoms with Gasteiger partial charge in [-0.05, 0) is 37.5 Å². The third-order valence-electron chi connectivity index (χ3n) is 4.42. The van der Waals surface area contributed by atoms with Crippen molar-refractivity contribution < 1.29 is 24.2 Å². The van der Waals surface area contributed by atoms with Gasteiger partial charge in [-0.2, -0.15) is 0 Å². The standard InChI is InChI=1S/C17H23NO5/c1-17(16(20)21)8-9-18(11-17)15(19)7-5-12-4-6-13(22-2)14(10-12)23-3/h4,6,10H,5,7-9,11H2,1-3H3,(H,20,21)/t17-/m0/s1. The van der Waals surface area contributed by atoms with E-state index in [4.69, 9.17) is 9.47 Å². The minimum atomic E-state index is -0.840. The number of aryl methyl sites for hydroxylation is 1. The summed E-state index contributed by atoms with van der Waals surface area (Å²) < 4.78 is 10.4. The van der Waals surface area contributed by atoms with Crippen molar-refractivity contribution in [3.63, 3.8) is 0 Å². The maximum atomic E-state index is 12.3. The molecule has 1 amide bonds. The van der Waals surface area contributed by atoms with Crippen molar-refractivity contribution in [2.45, 2.75) is 26.2 Å². The van der Waals surface area contributed by atoms with Gasteiger partial charge < -0.3 is 19.5 Å². The molecular formula is C17H23NO5. The highest BCUT2D eigenvalue weighted by atomic mass is 16.5. The second-order valence-electron chi connectivity index (χ2n) is 6.12. The van der Waals surface area contributed by atoms with Crippen LogP contribution in [-0.4, -0.2) is 49.2 Å². The van der Waals surface area contributed by atoms with E-state index < -0.39 is 11.4 Å². The van der Waals surface area contributed by atoms with E-state index in [2.05, 4.69) is 0 Å². The van der Waals surface area contributed by atoms with Crippen molar-refractivity contribution in [1.82, 2.24) is 4.90 Å². The molecule has 1 fully saturated rings. The number of amides is 1. The highest BCUT2D eigenvalue weighted by Gasteiger charge is 2.41. The molecule has 1 aromatic rings. The van der Waals surface area contributed by atoms with Crippen molar-refractivity contribution in [3.8, 4) is 11.5 Å². The summed E-state index contributed by atoms with van der Waals surface area (Å²) in [4.78, 5) is 25.2. The number of carboxylic acid groups (broad SMARTS) is 1. The summed E-state index contributed by atoms with van der Waals surface area (Å²) in [5.74, 6) is 0.439. The third-order valence-corrected chi connectivity index (χ3v) is 4.42. The summed E-state index contributed by atoms with van der Waals surface area (Å²) in [6, 6.07) is 5.58. The Morgan fingerprint density at radius 1 is 1.26 bits per heavy atom. The normalized spacial score (nSPS) is 20.4. The van der Waals surface area contributed by atoms with Crippen LogP contribution < -0.4 is 9.47 Å². The van der Waals surface area contributed by atoms with Gasteiger partial charge in [0.1, 0.15) is 0 Å². The lowest BCUT2D eigenvalue weighted by Crippen LogP contribution is -2.34. The van der Waals surface area contributed by atoms with Crippen molar-refractivity contribution in [2.24, 2.45) is 5.41 Å². The van der Waals surface area contributed by atoms with Gasteiger partial charge in [0.2, 0.25) is 5.91 Å². The molecule has 1 aliphatic heterocycles. The summed E-state index contributed by atoms with van der Waals surface area (Å²) in [6.45, 7) is 2.48. The van der Waals surface area contributed by atoms with Gasteiger partial charge in [0.05, 0.1) is 19.6 Å². The van der Waals surface area contributed by atoms with Gasteiger partial charge in [-0.25, -0.2) is 0 Å². The summed E-state index contributed by atoms with van der Waals surface area (Å²) in [5.41, 5.74) is 0.162. The van der Waals surface area contributed by atoms with Gasteiger partial charge in [0, 0.05) is 19.5 Å². The van der Waals surface area contributed by atoms with Gasteiger partial charge in [-0.1, -0.05) is 6.07 Å². The SMILES string of the molecule is COc1ccc(CCC(=O)N2CC[C@](C)(C(=O)O)C2)cc1OC. The summed E-state index contributed by atoms with van der Waals surface area (Å²) in [6.07, 6.45) is 1.44. The monoisotopic (exact) mass is 321 g/mol. The summed E-state index contributed by atoms with van der Waals surface area (Å²) in [7, 11) is 3.15. The molecule has 1 aliphatic rings. The molecule has 6 heteroatoms. The van der Waals surface area contributed by atoms with E-state index in [1.807, 2.05) is 18.2 Å². The Kier molecular flexibility index (Phi) is 5.13. The number of carbonyl (C=O) groups excluding carboxylic acids is 1. The van der Waals surface area contributed by atoms with Crippen molar-refractivity contribution in [1.29, 1.82) is 0 Å². The molecule has 23 heavy (non-hydrogen) atoms. The summed E-state index contributed by atoms with van der Waals surface area (Å²) >= 11 is 0. The quantitative estimate of drug-likeness (QED) is 0.867. The molecule has 1 saturated heterocycles. The number of hydrogen-bond acceptors (Lipinski definition) is 4. The van der Waals surface area contributed by atoms with Crippen LogP contribution in [0.5, 0.6) is 11.5 Å². The van der Waals surface area contributed by atoms with E-state index in [9.17, 15) is 14.7 Å². The van der Waals surface area contributed by atoms with E-state index >= 15 is 0 Å². The lowest BCUT2D eigenvalue weighted by molar-refractivity contribution is -0.147. The van der Waals surface area contributed by atoms with Gasteiger partial charge in [0.15, 0.2) is 11.5 Å². The van der Waals surface area contributed by atoms with Crippen LogP contribution in [0.4, 0.5) is 0 Å². The topological polar surface area (TPSA) is 76.1 Å². The Morgan fingerprint density at radius 3 is 2.52 bits per heavy atom. The number of benzene rings is 1. The number of methoxy groups -OCH3 is 2. The van der Waals surface area contributed by atoms with E-state index in [1.165, 1.54) is 0 Å². The predicted molar refractivity (Wildman–Crippen MR) is 84.8 cm³/mol. The number of rotatable bonds is 6. The number of nitrogens with zero attached hydrogens (tertiary/aromatic N) is 1. The zero-order valence-electron chi connectivity index (χ0n) is 13.8. The van der Waals surface area contributed by atoms with Crippen LogP contribution in [0.1, 0.15) is 25.3 Å². The molecule has 0 unspecified atom stereocenters. The molecule has 6 nitrogen and oxygen atoms in total. The Bertz CT molecular complexity index is 601. The molecule has 0 radical (unpaired) electrons. The van der Waals surface area contributed by atoms with Crippen molar-refractivity contribution in [2.75, 3.05) is 27.3 Å². The first-order valence-corrected chi connectivity index (χ1v) is 7.61. The fourth-order valence-electron chi connectivity index (χ4n) is 2.79. The predicted octanol–water partition coefficient (Wildman–Crippen LogP) is 1.96. The molecule has 0 aromatic heterocycles. The Hall–Kier alpha value is -2.24. The molecule has 0 saturated carbocycles. The molecule has 1 N–H and O–H groups in total. The van der Waals surface area contributed by atoms with Crippen LogP contribution in [-0.2, 0) is 16.0 Å². The molecule has 0 spiro atoms. The highest BCUT2D eigenvalue weighted by molar-refractivity contribution is 5.80. The van der Waals surface area contributed by atoms with E-state index in [-0.39, 0.29) is 12.5 Å². The number of hydrogen-bond donors (Lipinski definition) is 1. The molecule has 1 aromatic carbocycles. The number of carbonyl (C=O) groups is 2. The maximum absolute atomic E-state index is 12.3. The number of carboxylic acids is 1. The van der Waals surface area contributed by atoms with Crippen LogP contribution in [0.25, 0.3) is 0 Å². The van der Waals surface area contributed by atoms with Crippen LogP contribution in [0.15, 0.2) is 18.2 Å². The van der Waals surface area contributed by atoms with E-state index in [1.54, 1.807) is 26.0 Å². The average Bonchev–Trinajstić information content (AvgIpc) is 2.96. The van der Waals surface area contributed by atoms with Crippen LogP contribution in [0, 0.1) is 5.41 Å². The summed E-state index contributed by atoms with van der Waals surface area (Å²) in [5, 5.41) is 9.22. The van der Waals surface area contributed by atoms with Gasteiger partial charge >= 0.3 is 5.97 Å². The lowest BCUT2D eigenvalue weighted by Gasteiger charge is -2.20. The smallest absolute Gasteiger partial charge is 0.311 e. The third kappa shape index (κ3) is 3.75. The first-order valence-electron chi connectivity index (χ1n) is 7.61. The minimum absolute atomic E-state index is 0.00948. The van der Waals surface area contributed by atoms with Crippen molar-refractivity contribution >= 4 is 11.9 Å². The minimum Gasteiger partial charge on any atom is -0.493 e. The molecule has 126 valence electrons. The lowest BCUT2D eigenvalue weighted by atomic mass is 9.90. The largest absolute Gasteiger partial charge is 0.493 e. The van der Waals surface area contributed by atoms with Gasteiger partial charge in [-0.3, -0.25) is 9.59 Å². The molecule has 0 aliphatic carbocycles. The molecule has 0 bridgehead atoms. The van der Waals surface area contributed by atoms with Crippen LogP contribution in [0.2, 0.25) is 0 Å². The fourth-order valence-corrected chi connectivity index (χ4v) is 2.79. The Morgan fingerprint density at radius 2 is 1.96 bits per heavy atom. The van der Waals surface area contributed by atoms with Gasteiger partial charge in [-0.15, -0.1) is 0 Å². The molecular weight excluding hydrogens is 298 g/mol. The van der Waals surface area contributed by atoms with Crippen LogP contribution >= 0.6 is 0 Å². The second-order valence-corrected chi connectivity index (χ2v) is 6.12. The van der Waals surface area contributed by atoms with E-state index in [0.717, 1.165) is 5.56 Å². The zero-order valence-corrected chi connectivity index (χ0v) is 13.8. The first kappa shape index (κ1) is 17.1. The Balaban J connectivity index is 1.94. The van der Waals surface area contributed by atoms with E-state index in [0.29, 0.717) is 37.3 Å². The fraction of sp³-hybridized carbons (Fsp3) is 0.529. The number of aliphatic carboxylic acids is 1. The Labute approximate surface area is 136 Å². The van der Waals surface area contributed by atoms with Gasteiger partial charge in [0.25, 0.3) is 0 Å². The number of ether oxygens (including phenoxy) is 2. The molecule has 1 heterocycles. The maximum Gasteiger partial charge on any atom is 0.311 e. The zero-order chi connectivity index (χ0) is 17.0. The average molecular weight is 321 g/mol. The molecule has 1 atom stereocenters. The second kappa shape index (κ2) is 6.89.